The molecular weight excluding hydrogens is 250 g/mol. The van der Waals surface area contributed by atoms with Crippen molar-refractivity contribution < 1.29 is 5.11 Å². The quantitative estimate of drug-likeness (QED) is 0.861. The first kappa shape index (κ1) is 14.4. The Hall–Kier alpha value is -2.03. The van der Waals surface area contributed by atoms with Crippen LogP contribution in [0, 0.1) is 13.8 Å². The van der Waals surface area contributed by atoms with Crippen LogP contribution in [0.25, 0.3) is 11.3 Å². The van der Waals surface area contributed by atoms with Crippen LogP contribution in [0.2, 0.25) is 0 Å². The number of nitrogens with zero attached hydrogens (tertiary/aromatic N) is 1. The fraction of sp³-hybridized carbons (Fsp3) is 0.353. The van der Waals surface area contributed by atoms with Gasteiger partial charge in [0.15, 0.2) is 0 Å². The molecule has 0 saturated carbocycles. The summed E-state index contributed by atoms with van der Waals surface area (Å²) >= 11 is 0. The van der Waals surface area contributed by atoms with Gasteiger partial charge in [-0.3, -0.25) is 4.79 Å². The van der Waals surface area contributed by atoms with Crippen molar-refractivity contribution in [3.63, 3.8) is 0 Å². The summed E-state index contributed by atoms with van der Waals surface area (Å²) in [5, 5.41) is 9.97. The van der Waals surface area contributed by atoms with Crippen molar-refractivity contribution in [2.24, 2.45) is 0 Å². The van der Waals surface area contributed by atoms with E-state index in [2.05, 4.69) is 0 Å². The number of hydrogen-bond acceptors (Lipinski definition) is 2. The highest BCUT2D eigenvalue weighted by atomic mass is 16.3. The van der Waals surface area contributed by atoms with Gasteiger partial charge in [-0.15, -0.1) is 0 Å². The number of pyridine rings is 1. The molecular formula is C17H21NO2. The molecule has 0 bridgehead atoms. The lowest BCUT2D eigenvalue weighted by atomic mass is 10.0. The topological polar surface area (TPSA) is 42.2 Å². The Morgan fingerprint density at radius 2 is 1.60 bits per heavy atom. The van der Waals surface area contributed by atoms with Crippen molar-refractivity contribution >= 4 is 0 Å². The lowest BCUT2D eigenvalue weighted by Crippen LogP contribution is -2.36. The largest absolute Gasteiger partial charge is 0.507 e. The van der Waals surface area contributed by atoms with E-state index < -0.39 is 0 Å². The number of aromatic hydroxyl groups is 1. The van der Waals surface area contributed by atoms with Crippen LogP contribution >= 0.6 is 0 Å². The Bertz CT molecular complexity index is 689. The number of hydrogen-bond donors (Lipinski definition) is 1. The van der Waals surface area contributed by atoms with Gasteiger partial charge in [-0.1, -0.05) is 29.8 Å². The maximum Gasteiger partial charge on any atom is 0.258 e. The predicted molar refractivity (Wildman–Crippen MR) is 82.3 cm³/mol. The van der Waals surface area contributed by atoms with Crippen LogP contribution in [-0.4, -0.2) is 9.67 Å². The van der Waals surface area contributed by atoms with E-state index in [1.807, 2.05) is 52.0 Å². The van der Waals surface area contributed by atoms with E-state index in [4.69, 9.17) is 0 Å². The molecule has 1 aromatic heterocycles. The van der Waals surface area contributed by atoms with Crippen molar-refractivity contribution in [3.8, 4) is 17.0 Å². The minimum Gasteiger partial charge on any atom is -0.507 e. The van der Waals surface area contributed by atoms with Crippen LogP contribution in [-0.2, 0) is 5.54 Å². The second kappa shape index (κ2) is 4.82. The van der Waals surface area contributed by atoms with Crippen LogP contribution < -0.4 is 5.56 Å². The number of aryl methyl sites for hydroxylation is 1. The van der Waals surface area contributed by atoms with Crippen molar-refractivity contribution in [2.75, 3.05) is 0 Å². The Morgan fingerprint density at radius 3 is 2.10 bits per heavy atom. The summed E-state index contributed by atoms with van der Waals surface area (Å²) in [6, 6.07) is 9.63. The van der Waals surface area contributed by atoms with Crippen LogP contribution in [0.1, 0.15) is 31.9 Å². The van der Waals surface area contributed by atoms with E-state index in [0.29, 0.717) is 5.56 Å². The van der Waals surface area contributed by atoms with E-state index in [-0.39, 0.29) is 16.8 Å². The Morgan fingerprint density at radius 1 is 1.05 bits per heavy atom. The second-order valence-corrected chi connectivity index (χ2v) is 6.22. The van der Waals surface area contributed by atoms with Crippen LogP contribution in [0.3, 0.4) is 0 Å². The summed E-state index contributed by atoms with van der Waals surface area (Å²) in [7, 11) is 0. The van der Waals surface area contributed by atoms with Crippen molar-refractivity contribution in [1.29, 1.82) is 0 Å². The molecule has 0 amide bonds. The highest BCUT2D eigenvalue weighted by molar-refractivity contribution is 5.63. The molecule has 0 spiro atoms. The number of benzene rings is 1. The molecule has 0 radical (unpaired) electrons. The average molecular weight is 271 g/mol. The zero-order valence-electron chi connectivity index (χ0n) is 12.7. The SMILES string of the molecule is Cc1ccc(-c2cc(O)c(C)c(=O)n2C(C)(C)C)cc1. The van der Waals surface area contributed by atoms with Crippen LogP contribution in [0.5, 0.6) is 5.75 Å². The van der Waals surface area contributed by atoms with Crippen LogP contribution in [0.15, 0.2) is 35.1 Å². The molecule has 0 fully saturated rings. The molecule has 20 heavy (non-hydrogen) atoms. The zero-order valence-corrected chi connectivity index (χ0v) is 12.7. The van der Waals surface area contributed by atoms with E-state index in [1.54, 1.807) is 17.6 Å². The summed E-state index contributed by atoms with van der Waals surface area (Å²) in [4.78, 5) is 12.5. The highest BCUT2D eigenvalue weighted by Crippen LogP contribution is 2.28. The molecule has 3 heteroatoms. The monoisotopic (exact) mass is 271 g/mol. The van der Waals surface area contributed by atoms with Crippen molar-refractivity contribution in [3.05, 3.63) is 51.8 Å². The van der Waals surface area contributed by atoms with Gasteiger partial charge in [-0.05, 0) is 40.2 Å². The molecule has 0 saturated heterocycles. The molecule has 1 N–H and O–H groups in total. The first-order valence-corrected chi connectivity index (χ1v) is 6.75. The maximum absolute atomic E-state index is 12.5. The standard InChI is InChI=1S/C17H21NO2/c1-11-6-8-13(9-7-11)14-10-15(19)12(2)16(20)18(14)17(3,4)5/h6-10,19H,1-5H3. The molecule has 0 aliphatic rings. The van der Waals surface area contributed by atoms with Crippen molar-refractivity contribution in [1.82, 2.24) is 4.57 Å². The third-order valence-electron chi connectivity index (χ3n) is 3.44. The van der Waals surface area contributed by atoms with Crippen molar-refractivity contribution in [2.45, 2.75) is 40.2 Å². The van der Waals surface area contributed by atoms with Gasteiger partial charge in [0.2, 0.25) is 0 Å². The zero-order chi connectivity index (χ0) is 15.1. The lowest BCUT2D eigenvalue weighted by molar-refractivity contribution is 0.382. The normalized spacial score (nSPS) is 11.7. The van der Waals surface area contributed by atoms with E-state index >= 15 is 0 Å². The van der Waals surface area contributed by atoms with Gasteiger partial charge in [0.05, 0.1) is 11.3 Å². The van der Waals surface area contributed by atoms with E-state index in [1.165, 1.54) is 0 Å². The molecule has 0 unspecified atom stereocenters. The number of aromatic nitrogens is 1. The second-order valence-electron chi connectivity index (χ2n) is 6.22. The third kappa shape index (κ3) is 2.48. The van der Waals surface area contributed by atoms with Gasteiger partial charge in [0.1, 0.15) is 5.75 Å². The molecule has 1 heterocycles. The Kier molecular flexibility index (Phi) is 3.46. The minimum absolute atomic E-state index is 0.0473. The first-order valence-electron chi connectivity index (χ1n) is 6.75. The average Bonchev–Trinajstić information content (AvgIpc) is 2.34. The maximum atomic E-state index is 12.5. The summed E-state index contributed by atoms with van der Waals surface area (Å²) in [6.45, 7) is 9.64. The molecule has 106 valence electrons. The van der Waals surface area contributed by atoms with E-state index in [0.717, 1.165) is 16.8 Å². The number of rotatable bonds is 1. The van der Waals surface area contributed by atoms with Gasteiger partial charge in [0.25, 0.3) is 5.56 Å². The fourth-order valence-corrected chi connectivity index (χ4v) is 2.29. The minimum atomic E-state index is -0.351. The van der Waals surface area contributed by atoms with Gasteiger partial charge >= 0.3 is 0 Å². The third-order valence-corrected chi connectivity index (χ3v) is 3.44. The Balaban J connectivity index is 2.82. The predicted octanol–water partition coefficient (Wildman–Crippen LogP) is 3.59. The summed E-state index contributed by atoms with van der Waals surface area (Å²) in [5.74, 6) is 0.0473. The lowest BCUT2D eigenvalue weighted by Gasteiger charge is -2.27. The first-order chi connectivity index (χ1) is 9.21. The molecule has 0 aliphatic heterocycles. The van der Waals surface area contributed by atoms with Gasteiger partial charge in [0, 0.05) is 11.6 Å². The molecule has 3 nitrogen and oxygen atoms in total. The van der Waals surface area contributed by atoms with Gasteiger partial charge in [-0.2, -0.15) is 0 Å². The molecule has 0 atom stereocenters. The summed E-state index contributed by atoms with van der Waals surface area (Å²) in [5.41, 5.74) is 2.72. The molecule has 1 aromatic carbocycles. The van der Waals surface area contributed by atoms with Gasteiger partial charge < -0.3 is 9.67 Å². The highest BCUT2D eigenvalue weighted by Gasteiger charge is 2.22. The van der Waals surface area contributed by atoms with Gasteiger partial charge in [-0.25, -0.2) is 0 Å². The summed E-state index contributed by atoms with van der Waals surface area (Å²) < 4.78 is 1.74. The molecule has 2 rings (SSSR count). The van der Waals surface area contributed by atoms with Crippen LogP contribution in [0.4, 0.5) is 0 Å². The smallest absolute Gasteiger partial charge is 0.258 e. The summed E-state index contributed by atoms with van der Waals surface area (Å²) in [6.07, 6.45) is 0. The van der Waals surface area contributed by atoms with E-state index in [9.17, 15) is 9.90 Å². The fourth-order valence-electron chi connectivity index (χ4n) is 2.29. The molecule has 0 aliphatic carbocycles. The Labute approximate surface area is 119 Å². The molecule has 2 aromatic rings.